The fourth-order valence-electron chi connectivity index (χ4n) is 5.47. The number of phenols is 1. The topological polar surface area (TPSA) is 46.2 Å². The fourth-order valence-corrected chi connectivity index (χ4v) is 5.47. The lowest BCUT2D eigenvalue weighted by Crippen LogP contribution is -2.48. The molecule has 0 radical (unpaired) electrons. The van der Waals surface area contributed by atoms with Crippen molar-refractivity contribution in [2.75, 3.05) is 0 Å². The number of nitrogens with two attached hydrogens (primary N) is 1. The van der Waals surface area contributed by atoms with Gasteiger partial charge in [-0.1, -0.05) is 12.1 Å². The number of rotatable bonds is 2. The van der Waals surface area contributed by atoms with Gasteiger partial charge in [0, 0.05) is 6.04 Å². The Kier molecular flexibility index (Phi) is 2.63. The highest BCUT2D eigenvalue weighted by molar-refractivity contribution is 5.28. The van der Waals surface area contributed by atoms with Crippen LogP contribution >= 0.6 is 0 Å². The number of aromatic hydroxyl groups is 1. The van der Waals surface area contributed by atoms with Crippen molar-refractivity contribution < 1.29 is 5.11 Å². The van der Waals surface area contributed by atoms with E-state index < -0.39 is 0 Å². The molecule has 4 aliphatic rings. The summed E-state index contributed by atoms with van der Waals surface area (Å²) in [6.45, 7) is 0. The minimum Gasteiger partial charge on any atom is -0.508 e. The maximum Gasteiger partial charge on any atom is 0.115 e. The number of hydrogen-bond donors (Lipinski definition) is 2. The van der Waals surface area contributed by atoms with E-state index in [1.165, 1.54) is 37.7 Å². The predicted octanol–water partition coefficient (Wildman–Crippen LogP) is 3.46. The molecule has 1 atom stereocenters. The van der Waals surface area contributed by atoms with Gasteiger partial charge >= 0.3 is 0 Å². The molecule has 1 aromatic rings. The average Bonchev–Trinajstić information content (AvgIpc) is 2.38. The summed E-state index contributed by atoms with van der Waals surface area (Å²) in [5.74, 6) is 4.75. The maximum atomic E-state index is 9.41. The Morgan fingerprint density at radius 1 is 0.895 bits per heavy atom. The zero-order valence-corrected chi connectivity index (χ0v) is 11.3. The van der Waals surface area contributed by atoms with E-state index in [1.807, 2.05) is 12.1 Å². The molecule has 0 heterocycles. The summed E-state index contributed by atoms with van der Waals surface area (Å²) < 4.78 is 0. The van der Waals surface area contributed by atoms with Gasteiger partial charge in [0.1, 0.15) is 5.75 Å². The van der Waals surface area contributed by atoms with Gasteiger partial charge in [0.25, 0.3) is 0 Å². The lowest BCUT2D eigenvalue weighted by atomic mass is 9.50. The first kappa shape index (κ1) is 11.8. The molecular weight excluding hydrogens is 234 g/mol. The first-order chi connectivity index (χ1) is 9.20. The average molecular weight is 257 g/mol. The standard InChI is InChI=1S/C17H23NO/c18-17(12-1-3-15(19)4-2-12)16-13-6-10-5-11(8-13)9-14(16)7-10/h1-4,10-11,13-14,16-17,19H,5-9,18H2. The second kappa shape index (κ2) is 4.24. The number of benzene rings is 1. The quantitative estimate of drug-likeness (QED) is 0.852. The highest BCUT2D eigenvalue weighted by atomic mass is 16.3. The molecule has 0 aliphatic heterocycles. The van der Waals surface area contributed by atoms with E-state index >= 15 is 0 Å². The molecule has 1 unspecified atom stereocenters. The van der Waals surface area contributed by atoms with Crippen LogP contribution in [-0.2, 0) is 0 Å². The minimum atomic E-state index is 0.163. The summed E-state index contributed by atoms with van der Waals surface area (Å²) in [7, 11) is 0. The number of phenolic OH excluding ortho intramolecular Hbond substituents is 1. The summed E-state index contributed by atoms with van der Waals surface area (Å²) in [5, 5.41) is 9.41. The van der Waals surface area contributed by atoms with Crippen LogP contribution in [0.5, 0.6) is 5.75 Å². The van der Waals surface area contributed by atoms with Gasteiger partial charge in [0.15, 0.2) is 0 Å². The first-order valence-electron chi connectivity index (χ1n) is 7.75. The molecule has 0 saturated heterocycles. The first-order valence-corrected chi connectivity index (χ1v) is 7.75. The molecular formula is C17H23NO. The Morgan fingerprint density at radius 3 is 1.95 bits per heavy atom. The van der Waals surface area contributed by atoms with Gasteiger partial charge < -0.3 is 10.8 Å². The van der Waals surface area contributed by atoms with Crippen LogP contribution in [0, 0.1) is 29.6 Å². The molecule has 1 aromatic carbocycles. The van der Waals surface area contributed by atoms with E-state index in [1.54, 1.807) is 12.1 Å². The van der Waals surface area contributed by atoms with Crippen molar-refractivity contribution in [1.29, 1.82) is 0 Å². The Hall–Kier alpha value is -1.02. The SMILES string of the molecule is NC(c1ccc(O)cc1)C1C2CC3CC(C2)CC1C3. The van der Waals surface area contributed by atoms with E-state index in [-0.39, 0.29) is 6.04 Å². The van der Waals surface area contributed by atoms with E-state index in [2.05, 4.69) is 0 Å². The van der Waals surface area contributed by atoms with E-state index in [9.17, 15) is 5.11 Å². The van der Waals surface area contributed by atoms with Gasteiger partial charge in [-0.25, -0.2) is 0 Å². The number of hydrogen-bond acceptors (Lipinski definition) is 2. The molecule has 0 amide bonds. The van der Waals surface area contributed by atoms with Gasteiger partial charge in [-0.15, -0.1) is 0 Å². The van der Waals surface area contributed by atoms with Crippen molar-refractivity contribution in [3.8, 4) is 5.75 Å². The van der Waals surface area contributed by atoms with Crippen LogP contribution in [0.25, 0.3) is 0 Å². The monoisotopic (exact) mass is 257 g/mol. The highest BCUT2D eigenvalue weighted by Gasteiger charge is 2.49. The van der Waals surface area contributed by atoms with E-state index in [0.717, 1.165) is 23.7 Å². The van der Waals surface area contributed by atoms with E-state index in [4.69, 9.17) is 5.73 Å². The molecule has 4 fully saturated rings. The molecule has 2 heteroatoms. The predicted molar refractivity (Wildman–Crippen MR) is 75.6 cm³/mol. The van der Waals surface area contributed by atoms with Gasteiger partial charge in [0.2, 0.25) is 0 Å². The van der Waals surface area contributed by atoms with Gasteiger partial charge in [-0.05, 0) is 79.4 Å². The fraction of sp³-hybridized carbons (Fsp3) is 0.647. The van der Waals surface area contributed by atoms with Gasteiger partial charge in [-0.3, -0.25) is 0 Å². The van der Waals surface area contributed by atoms with Crippen LogP contribution < -0.4 is 5.73 Å². The van der Waals surface area contributed by atoms with Crippen molar-refractivity contribution in [2.24, 2.45) is 35.3 Å². The van der Waals surface area contributed by atoms with Crippen molar-refractivity contribution in [3.63, 3.8) is 0 Å². The summed E-state index contributed by atoms with van der Waals surface area (Å²) in [6.07, 6.45) is 7.17. The molecule has 4 bridgehead atoms. The minimum absolute atomic E-state index is 0.163. The Bertz CT molecular complexity index is 439. The second-order valence-corrected chi connectivity index (χ2v) is 7.13. The van der Waals surface area contributed by atoms with Gasteiger partial charge in [-0.2, -0.15) is 0 Å². The molecule has 102 valence electrons. The third kappa shape index (κ3) is 1.88. The zero-order valence-electron chi connectivity index (χ0n) is 11.3. The summed E-state index contributed by atoms with van der Waals surface area (Å²) in [6, 6.07) is 7.71. The van der Waals surface area contributed by atoms with Gasteiger partial charge in [0.05, 0.1) is 0 Å². The molecule has 0 aromatic heterocycles. The maximum absolute atomic E-state index is 9.41. The Morgan fingerprint density at radius 2 is 1.42 bits per heavy atom. The largest absolute Gasteiger partial charge is 0.508 e. The van der Waals surface area contributed by atoms with Crippen LogP contribution in [-0.4, -0.2) is 5.11 Å². The molecule has 4 saturated carbocycles. The summed E-state index contributed by atoms with van der Waals surface area (Å²) >= 11 is 0. The molecule has 4 aliphatic carbocycles. The van der Waals surface area contributed by atoms with Crippen LogP contribution in [0.1, 0.15) is 43.7 Å². The molecule has 0 spiro atoms. The van der Waals surface area contributed by atoms with Crippen molar-refractivity contribution >= 4 is 0 Å². The normalized spacial score (nSPS) is 41.4. The van der Waals surface area contributed by atoms with Crippen LogP contribution in [0.2, 0.25) is 0 Å². The molecule has 2 nitrogen and oxygen atoms in total. The van der Waals surface area contributed by atoms with Crippen molar-refractivity contribution in [3.05, 3.63) is 29.8 Å². The summed E-state index contributed by atoms with van der Waals surface area (Å²) in [4.78, 5) is 0. The Labute approximate surface area is 115 Å². The lowest BCUT2D eigenvalue weighted by molar-refractivity contribution is -0.0471. The van der Waals surface area contributed by atoms with Crippen LogP contribution in [0.3, 0.4) is 0 Å². The molecule has 5 rings (SSSR count). The molecule has 19 heavy (non-hydrogen) atoms. The van der Waals surface area contributed by atoms with Crippen LogP contribution in [0.4, 0.5) is 0 Å². The zero-order chi connectivity index (χ0) is 13.0. The third-order valence-electron chi connectivity index (χ3n) is 5.99. The van der Waals surface area contributed by atoms with Crippen molar-refractivity contribution in [2.45, 2.75) is 38.1 Å². The Balaban J connectivity index is 1.60. The summed E-state index contributed by atoms with van der Waals surface area (Å²) in [5.41, 5.74) is 7.79. The highest BCUT2D eigenvalue weighted by Crippen LogP contribution is 2.58. The second-order valence-electron chi connectivity index (χ2n) is 7.13. The smallest absolute Gasteiger partial charge is 0.115 e. The van der Waals surface area contributed by atoms with E-state index in [0.29, 0.717) is 11.7 Å². The van der Waals surface area contributed by atoms with Crippen LogP contribution in [0.15, 0.2) is 24.3 Å². The third-order valence-corrected chi connectivity index (χ3v) is 5.99. The molecule has 3 N–H and O–H groups in total. The van der Waals surface area contributed by atoms with Crippen molar-refractivity contribution in [1.82, 2.24) is 0 Å². The lowest BCUT2D eigenvalue weighted by Gasteiger charge is -2.56.